The predicted molar refractivity (Wildman–Crippen MR) is 60.5 cm³/mol. The monoisotopic (exact) mass is 199 g/mol. The number of ether oxygens (including phenoxy) is 1. The first-order valence-electron chi connectivity index (χ1n) is 5.97. The van der Waals surface area contributed by atoms with Crippen molar-refractivity contribution in [3.63, 3.8) is 0 Å². The molecule has 0 radical (unpaired) electrons. The second-order valence-corrected chi connectivity index (χ2v) is 4.92. The standard InChI is InChI=1S/C12H25NO/c1-5-7-13-10-9-11(12(10,3)4)14-8-6-2/h10-11,13H,5-9H2,1-4H3. The van der Waals surface area contributed by atoms with Crippen LogP contribution in [0, 0.1) is 5.41 Å². The van der Waals surface area contributed by atoms with Gasteiger partial charge in [-0.25, -0.2) is 0 Å². The van der Waals surface area contributed by atoms with Gasteiger partial charge in [0.1, 0.15) is 0 Å². The van der Waals surface area contributed by atoms with E-state index in [0.717, 1.165) is 19.6 Å². The lowest BCUT2D eigenvalue weighted by molar-refractivity contribution is -0.117. The summed E-state index contributed by atoms with van der Waals surface area (Å²) in [5, 5.41) is 3.59. The van der Waals surface area contributed by atoms with Gasteiger partial charge in [-0.05, 0) is 25.8 Å². The minimum atomic E-state index is 0.324. The molecule has 0 heterocycles. The average Bonchev–Trinajstić information content (AvgIpc) is 2.16. The highest BCUT2D eigenvalue weighted by atomic mass is 16.5. The fraction of sp³-hybridized carbons (Fsp3) is 1.00. The molecular weight excluding hydrogens is 174 g/mol. The minimum absolute atomic E-state index is 0.324. The first kappa shape index (κ1) is 12.0. The van der Waals surface area contributed by atoms with Crippen molar-refractivity contribution in [1.29, 1.82) is 0 Å². The van der Waals surface area contributed by atoms with Crippen molar-refractivity contribution in [3.05, 3.63) is 0 Å². The summed E-state index contributed by atoms with van der Waals surface area (Å²) in [7, 11) is 0. The van der Waals surface area contributed by atoms with Crippen LogP contribution in [0.1, 0.15) is 47.0 Å². The van der Waals surface area contributed by atoms with Gasteiger partial charge in [0.05, 0.1) is 6.10 Å². The lowest BCUT2D eigenvalue weighted by Gasteiger charge is -2.52. The molecule has 1 saturated carbocycles. The van der Waals surface area contributed by atoms with Gasteiger partial charge in [-0.2, -0.15) is 0 Å². The third-order valence-electron chi connectivity index (χ3n) is 3.34. The Balaban J connectivity index is 2.27. The van der Waals surface area contributed by atoms with Crippen LogP contribution in [-0.4, -0.2) is 25.3 Å². The summed E-state index contributed by atoms with van der Waals surface area (Å²) in [4.78, 5) is 0. The maximum atomic E-state index is 5.81. The molecular formula is C12H25NO. The zero-order valence-corrected chi connectivity index (χ0v) is 10.1. The molecule has 84 valence electrons. The fourth-order valence-corrected chi connectivity index (χ4v) is 2.09. The summed E-state index contributed by atoms with van der Waals surface area (Å²) in [6.07, 6.45) is 4.00. The molecule has 0 spiro atoms. The Morgan fingerprint density at radius 3 is 2.50 bits per heavy atom. The van der Waals surface area contributed by atoms with Gasteiger partial charge in [0.2, 0.25) is 0 Å². The van der Waals surface area contributed by atoms with Gasteiger partial charge in [0.15, 0.2) is 0 Å². The van der Waals surface area contributed by atoms with E-state index in [1.165, 1.54) is 12.8 Å². The molecule has 2 unspecified atom stereocenters. The van der Waals surface area contributed by atoms with E-state index in [1.807, 2.05) is 0 Å². The van der Waals surface area contributed by atoms with Crippen LogP contribution >= 0.6 is 0 Å². The van der Waals surface area contributed by atoms with E-state index in [-0.39, 0.29) is 0 Å². The van der Waals surface area contributed by atoms with Crippen molar-refractivity contribution in [2.24, 2.45) is 5.41 Å². The Labute approximate surface area is 88.4 Å². The summed E-state index contributed by atoms with van der Waals surface area (Å²) in [6, 6.07) is 0.657. The Morgan fingerprint density at radius 2 is 2.00 bits per heavy atom. The first-order valence-corrected chi connectivity index (χ1v) is 5.97. The number of nitrogens with one attached hydrogen (secondary N) is 1. The highest BCUT2D eigenvalue weighted by Crippen LogP contribution is 2.42. The van der Waals surface area contributed by atoms with E-state index in [4.69, 9.17) is 4.74 Å². The number of rotatable bonds is 6. The van der Waals surface area contributed by atoms with Crippen LogP contribution < -0.4 is 5.32 Å². The van der Waals surface area contributed by atoms with Gasteiger partial charge in [0, 0.05) is 18.1 Å². The van der Waals surface area contributed by atoms with E-state index in [1.54, 1.807) is 0 Å². The molecule has 1 rings (SSSR count). The maximum absolute atomic E-state index is 5.81. The van der Waals surface area contributed by atoms with E-state index < -0.39 is 0 Å². The molecule has 14 heavy (non-hydrogen) atoms. The zero-order valence-electron chi connectivity index (χ0n) is 10.1. The highest BCUT2D eigenvalue weighted by molar-refractivity contribution is 5.02. The Hall–Kier alpha value is -0.0800. The van der Waals surface area contributed by atoms with Crippen LogP contribution in [0.3, 0.4) is 0 Å². The van der Waals surface area contributed by atoms with Crippen molar-refractivity contribution in [2.45, 2.75) is 59.1 Å². The minimum Gasteiger partial charge on any atom is -0.378 e. The Bertz CT molecular complexity index is 152. The fourth-order valence-electron chi connectivity index (χ4n) is 2.09. The van der Waals surface area contributed by atoms with E-state index in [0.29, 0.717) is 17.6 Å². The second-order valence-electron chi connectivity index (χ2n) is 4.92. The third-order valence-corrected chi connectivity index (χ3v) is 3.34. The third kappa shape index (κ3) is 2.48. The molecule has 0 aromatic carbocycles. The van der Waals surface area contributed by atoms with Crippen LogP contribution in [0.4, 0.5) is 0 Å². The second kappa shape index (κ2) is 5.13. The molecule has 0 aromatic heterocycles. The lowest BCUT2D eigenvalue weighted by atomic mass is 9.64. The van der Waals surface area contributed by atoms with Gasteiger partial charge in [-0.1, -0.05) is 27.7 Å². The lowest BCUT2D eigenvalue weighted by Crippen LogP contribution is -2.61. The summed E-state index contributed by atoms with van der Waals surface area (Å²) < 4.78 is 5.81. The summed E-state index contributed by atoms with van der Waals surface area (Å²) in [6.45, 7) is 11.0. The van der Waals surface area contributed by atoms with Crippen LogP contribution in [0.25, 0.3) is 0 Å². The molecule has 0 amide bonds. The molecule has 0 aliphatic heterocycles. The maximum Gasteiger partial charge on any atom is 0.0655 e. The van der Waals surface area contributed by atoms with Gasteiger partial charge in [-0.3, -0.25) is 0 Å². The first-order chi connectivity index (χ1) is 6.62. The largest absolute Gasteiger partial charge is 0.378 e. The molecule has 1 aliphatic rings. The van der Waals surface area contributed by atoms with Gasteiger partial charge in [0.25, 0.3) is 0 Å². The van der Waals surface area contributed by atoms with Gasteiger partial charge >= 0.3 is 0 Å². The van der Waals surface area contributed by atoms with Gasteiger partial charge < -0.3 is 10.1 Å². The quantitative estimate of drug-likeness (QED) is 0.710. The van der Waals surface area contributed by atoms with E-state index >= 15 is 0 Å². The Morgan fingerprint density at radius 1 is 1.29 bits per heavy atom. The highest BCUT2D eigenvalue weighted by Gasteiger charge is 2.48. The molecule has 2 nitrogen and oxygen atoms in total. The molecule has 1 fully saturated rings. The molecule has 1 aliphatic carbocycles. The van der Waals surface area contributed by atoms with Crippen LogP contribution in [-0.2, 0) is 4.74 Å². The summed E-state index contributed by atoms with van der Waals surface area (Å²) in [5.41, 5.74) is 0.324. The van der Waals surface area contributed by atoms with E-state index in [9.17, 15) is 0 Å². The van der Waals surface area contributed by atoms with E-state index in [2.05, 4.69) is 33.0 Å². The number of hydrogen-bond acceptors (Lipinski definition) is 2. The number of hydrogen-bond donors (Lipinski definition) is 1. The smallest absolute Gasteiger partial charge is 0.0655 e. The van der Waals surface area contributed by atoms with Crippen molar-refractivity contribution in [1.82, 2.24) is 5.32 Å². The molecule has 0 saturated heterocycles. The van der Waals surface area contributed by atoms with Crippen molar-refractivity contribution in [3.8, 4) is 0 Å². The van der Waals surface area contributed by atoms with Crippen molar-refractivity contribution < 1.29 is 4.74 Å². The average molecular weight is 199 g/mol. The molecule has 2 atom stereocenters. The van der Waals surface area contributed by atoms with Crippen LogP contribution in [0.5, 0.6) is 0 Å². The molecule has 2 heteroatoms. The summed E-state index contributed by atoms with van der Waals surface area (Å²) in [5.74, 6) is 0. The zero-order chi connectivity index (χ0) is 10.6. The molecule has 0 bridgehead atoms. The SMILES string of the molecule is CCCNC1CC(OCCC)C1(C)C. The summed E-state index contributed by atoms with van der Waals surface area (Å²) >= 11 is 0. The van der Waals surface area contributed by atoms with Gasteiger partial charge in [-0.15, -0.1) is 0 Å². The van der Waals surface area contributed by atoms with Crippen molar-refractivity contribution in [2.75, 3.05) is 13.2 Å². The molecule has 0 aromatic rings. The van der Waals surface area contributed by atoms with Crippen molar-refractivity contribution >= 4 is 0 Å². The van der Waals surface area contributed by atoms with Crippen LogP contribution in [0.15, 0.2) is 0 Å². The van der Waals surface area contributed by atoms with Crippen LogP contribution in [0.2, 0.25) is 0 Å². The topological polar surface area (TPSA) is 21.3 Å². The molecule has 1 N–H and O–H groups in total. The Kier molecular flexibility index (Phi) is 4.39. The normalized spacial score (nSPS) is 30.0. The predicted octanol–water partition coefficient (Wildman–Crippen LogP) is 2.58.